The first-order valence-corrected chi connectivity index (χ1v) is 15.1. The lowest BCUT2D eigenvalue weighted by Gasteiger charge is -2.25. The second-order valence-corrected chi connectivity index (χ2v) is 12.3. The molecule has 2 aliphatic heterocycles. The van der Waals surface area contributed by atoms with Crippen molar-refractivity contribution in [3.8, 4) is 11.3 Å². The van der Waals surface area contributed by atoms with Crippen LogP contribution in [0.4, 0.5) is 5.69 Å². The minimum atomic E-state index is -0.177. The molecule has 0 aliphatic carbocycles. The van der Waals surface area contributed by atoms with Crippen LogP contribution in [0.1, 0.15) is 58.9 Å². The summed E-state index contributed by atoms with van der Waals surface area (Å²) in [6.07, 6.45) is 3.87. The molecule has 1 unspecified atom stereocenters. The van der Waals surface area contributed by atoms with E-state index in [2.05, 4.69) is 28.3 Å². The first kappa shape index (κ1) is 27.6. The highest BCUT2D eigenvalue weighted by Crippen LogP contribution is 2.37. The highest BCUT2D eigenvalue weighted by molar-refractivity contribution is 6.29. The van der Waals surface area contributed by atoms with Gasteiger partial charge >= 0.3 is 0 Å². The molecule has 2 aromatic carbocycles. The summed E-state index contributed by atoms with van der Waals surface area (Å²) in [5.74, 6) is 0.0276. The Morgan fingerprint density at radius 2 is 1.84 bits per heavy atom. The Kier molecular flexibility index (Phi) is 6.74. The molecule has 2 aliphatic rings. The van der Waals surface area contributed by atoms with Gasteiger partial charge in [0.2, 0.25) is 0 Å². The van der Waals surface area contributed by atoms with E-state index in [-0.39, 0.29) is 23.6 Å². The lowest BCUT2D eigenvalue weighted by atomic mass is 9.95. The van der Waals surface area contributed by atoms with Crippen molar-refractivity contribution in [2.24, 2.45) is 7.05 Å². The topological polar surface area (TPSA) is 97.1 Å². The minimum Gasteiger partial charge on any atom is -0.377 e. The number of amides is 1. The van der Waals surface area contributed by atoms with Crippen molar-refractivity contribution in [3.63, 3.8) is 0 Å². The van der Waals surface area contributed by atoms with Gasteiger partial charge in [-0.2, -0.15) is 5.10 Å². The highest BCUT2D eigenvalue weighted by Gasteiger charge is 2.26. The third-order valence-corrected chi connectivity index (χ3v) is 9.13. The smallest absolute Gasteiger partial charge is 0.259 e. The minimum absolute atomic E-state index is 0.0261. The standard InChI is InChI=1S/C33H34ClN7O2/c1-18-13-24(29-25(14-18)33(43)40(4)31-26(29)16-36-41(31)22-9-11-35-12-10-22)19(2)37-27-7-8-28(34)38-30(27)20-5-6-23-21(15-20)17-39(3)32(23)42/h5-8,13-16,19,22,35,37H,9-12,17H2,1-4H3. The van der Waals surface area contributed by atoms with Crippen LogP contribution in [0.5, 0.6) is 0 Å². The monoisotopic (exact) mass is 595 g/mol. The molecule has 220 valence electrons. The first-order valence-electron chi connectivity index (χ1n) is 14.7. The molecule has 1 amide bonds. The van der Waals surface area contributed by atoms with Gasteiger partial charge in [0.1, 0.15) is 10.8 Å². The number of hydrogen-bond donors (Lipinski definition) is 2. The van der Waals surface area contributed by atoms with Crippen molar-refractivity contribution in [3.05, 3.63) is 86.4 Å². The van der Waals surface area contributed by atoms with Crippen LogP contribution in [0.15, 0.2) is 53.5 Å². The Hall–Kier alpha value is -4.21. The Morgan fingerprint density at radius 3 is 2.63 bits per heavy atom. The summed E-state index contributed by atoms with van der Waals surface area (Å²) < 4.78 is 3.81. The number of aryl methyl sites for hydroxylation is 2. The second-order valence-electron chi connectivity index (χ2n) is 11.9. The van der Waals surface area contributed by atoms with Gasteiger partial charge in [-0.1, -0.05) is 23.7 Å². The van der Waals surface area contributed by atoms with Crippen LogP contribution in [0.25, 0.3) is 33.1 Å². The van der Waals surface area contributed by atoms with Crippen LogP contribution < -0.4 is 16.2 Å². The zero-order valence-electron chi connectivity index (χ0n) is 24.7. The summed E-state index contributed by atoms with van der Waals surface area (Å²) in [5.41, 5.74) is 6.96. The molecule has 2 N–H and O–H groups in total. The van der Waals surface area contributed by atoms with E-state index in [0.717, 1.165) is 75.9 Å². The number of pyridine rings is 2. The third-order valence-electron chi connectivity index (χ3n) is 8.92. The SMILES string of the molecule is Cc1cc(C(C)Nc2ccc(Cl)nc2-c2ccc3c(c2)CN(C)C3=O)c2c(c1)c(=O)n(C)c1c2cnn1C1CCNCC1. The van der Waals surface area contributed by atoms with Crippen LogP contribution in [-0.2, 0) is 13.6 Å². The van der Waals surface area contributed by atoms with Gasteiger partial charge in [0.15, 0.2) is 0 Å². The molecule has 0 radical (unpaired) electrons. The van der Waals surface area contributed by atoms with Gasteiger partial charge in [0.05, 0.1) is 23.6 Å². The molecule has 5 aromatic rings. The van der Waals surface area contributed by atoms with Crippen LogP contribution >= 0.6 is 11.6 Å². The number of aromatic nitrogens is 4. The summed E-state index contributed by atoms with van der Waals surface area (Å²) >= 11 is 6.40. The van der Waals surface area contributed by atoms with Crippen molar-refractivity contribution in [1.82, 2.24) is 29.5 Å². The Labute approximate surface area is 254 Å². The van der Waals surface area contributed by atoms with E-state index in [1.807, 2.05) is 50.5 Å². The maximum Gasteiger partial charge on any atom is 0.259 e. The van der Waals surface area contributed by atoms with E-state index in [4.69, 9.17) is 21.7 Å². The number of rotatable bonds is 5. The van der Waals surface area contributed by atoms with E-state index in [1.165, 1.54) is 0 Å². The maximum absolute atomic E-state index is 13.8. The number of fused-ring (bicyclic) bond motifs is 4. The Morgan fingerprint density at radius 1 is 1.05 bits per heavy atom. The average Bonchev–Trinajstić information content (AvgIpc) is 3.57. The summed E-state index contributed by atoms with van der Waals surface area (Å²) in [6.45, 7) is 6.56. The van der Waals surface area contributed by atoms with Crippen molar-refractivity contribution < 1.29 is 4.79 Å². The number of hydrogen-bond acceptors (Lipinski definition) is 6. The van der Waals surface area contributed by atoms with Gasteiger partial charge in [0.25, 0.3) is 11.5 Å². The number of piperidine rings is 1. The molecule has 1 atom stereocenters. The number of anilines is 1. The average molecular weight is 596 g/mol. The van der Waals surface area contributed by atoms with Gasteiger partial charge in [-0.15, -0.1) is 0 Å². The fraction of sp³-hybridized carbons (Fsp3) is 0.333. The molecular formula is C33H34ClN7O2. The van der Waals surface area contributed by atoms with E-state index in [9.17, 15) is 9.59 Å². The molecule has 10 heteroatoms. The Bertz CT molecular complexity index is 1990. The molecule has 0 saturated carbocycles. The van der Waals surface area contributed by atoms with E-state index in [0.29, 0.717) is 22.8 Å². The lowest BCUT2D eigenvalue weighted by Crippen LogP contribution is -2.31. The Balaban J connectivity index is 1.34. The van der Waals surface area contributed by atoms with E-state index < -0.39 is 0 Å². The number of nitrogens with zero attached hydrogens (tertiary/aromatic N) is 5. The summed E-state index contributed by atoms with van der Waals surface area (Å²) in [4.78, 5) is 32.7. The molecule has 43 heavy (non-hydrogen) atoms. The fourth-order valence-electron chi connectivity index (χ4n) is 6.78. The van der Waals surface area contributed by atoms with Gasteiger partial charge in [0, 0.05) is 54.0 Å². The summed E-state index contributed by atoms with van der Waals surface area (Å²) in [5, 5.41) is 14.9. The van der Waals surface area contributed by atoms with Crippen LogP contribution in [0, 0.1) is 6.92 Å². The zero-order chi connectivity index (χ0) is 30.0. The largest absolute Gasteiger partial charge is 0.377 e. The van der Waals surface area contributed by atoms with Crippen LogP contribution in [0.2, 0.25) is 5.15 Å². The third kappa shape index (κ3) is 4.58. The second kappa shape index (κ2) is 10.5. The molecule has 0 spiro atoms. The molecule has 3 aromatic heterocycles. The van der Waals surface area contributed by atoms with Gasteiger partial charge in [-0.05, 0) is 86.8 Å². The highest BCUT2D eigenvalue weighted by atomic mass is 35.5. The van der Waals surface area contributed by atoms with Crippen molar-refractivity contribution in [1.29, 1.82) is 0 Å². The fourth-order valence-corrected chi connectivity index (χ4v) is 6.93. The summed E-state index contributed by atoms with van der Waals surface area (Å²) in [6, 6.07) is 13.7. The predicted octanol–water partition coefficient (Wildman–Crippen LogP) is 5.60. The molecule has 1 saturated heterocycles. The van der Waals surface area contributed by atoms with Crippen molar-refractivity contribution in [2.45, 2.75) is 45.3 Å². The van der Waals surface area contributed by atoms with Gasteiger partial charge in [-0.3, -0.25) is 14.2 Å². The van der Waals surface area contributed by atoms with Crippen molar-refractivity contribution in [2.75, 3.05) is 25.5 Å². The number of halogens is 1. The first-order chi connectivity index (χ1) is 20.7. The number of carbonyl (C=O) groups excluding carboxylic acids is 1. The molecule has 1 fully saturated rings. The zero-order valence-corrected chi connectivity index (χ0v) is 25.5. The molecule has 0 bridgehead atoms. The predicted molar refractivity (Wildman–Crippen MR) is 171 cm³/mol. The van der Waals surface area contributed by atoms with E-state index in [1.54, 1.807) is 22.6 Å². The quantitative estimate of drug-likeness (QED) is 0.257. The summed E-state index contributed by atoms with van der Waals surface area (Å²) in [7, 11) is 3.65. The maximum atomic E-state index is 13.8. The number of carbonyl (C=O) groups is 1. The van der Waals surface area contributed by atoms with Crippen molar-refractivity contribution >= 4 is 45.0 Å². The normalized spacial score (nSPS) is 16.3. The van der Waals surface area contributed by atoms with Gasteiger partial charge in [-0.25, -0.2) is 9.67 Å². The van der Waals surface area contributed by atoms with E-state index >= 15 is 0 Å². The lowest BCUT2D eigenvalue weighted by molar-refractivity contribution is 0.0816. The molecule has 5 heterocycles. The molecular weight excluding hydrogens is 562 g/mol. The van der Waals surface area contributed by atoms with Gasteiger partial charge < -0.3 is 15.5 Å². The number of nitrogens with one attached hydrogen (secondary N) is 2. The van der Waals surface area contributed by atoms with Crippen LogP contribution in [-0.4, -0.2) is 50.3 Å². The molecule has 7 rings (SSSR count). The number of benzene rings is 2. The van der Waals surface area contributed by atoms with Crippen LogP contribution in [0.3, 0.4) is 0 Å². The molecule has 9 nitrogen and oxygen atoms in total.